The number of ether oxygens (including phenoxy) is 1. The van der Waals surface area contributed by atoms with Gasteiger partial charge in [0, 0.05) is 0 Å². The smallest absolute Gasteiger partial charge is 0.264 e. The van der Waals surface area contributed by atoms with Crippen LogP contribution in [0.2, 0.25) is 0 Å². The fourth-order valence-corrected chi connectivity index (χ4v) is 4.97. The largest absolute Gasteiger partial charge is 0.497 e. The van der Waals surface area contributed by atoms with E-state index in [1.165, 1.54) is 4.31 Å². The van der Waals surface area contributed by atoms with Crippen LogP contribution in [0.25, 0.3) is 11.0 Å². The Morgan fingerprint density at radius 2 is 1.68 bits per heavy atom. The first-order chi connectivity index (χ1) is 15.0. The molecule has 31 heavy (non-hydrogen) atoms. The third-order valence-corrected chi connectivity index (χ3v) is 6.81. The number of benzene rings is 3. The van der Waals surface area contributed by atoms with E-state index < -0.39 is 16.1 Å². The van der Waals surface area contributed by atoms with Gasteiger partial charge in [-0.15, -0.1) is 0 Å². The van der Waals surface area contributed by atoms with E-state index in [1.807, 2.05) is 28.8 Å². The number of imidazole rings is 1. The molecule has 7 nitrogen and oxygen atoms in total. The highest BCUT2D eigenvalue weighted by atomic mass is 32.2. The van der Waals surface area contributed by atoms with Gasteiger partial charge in [-0.1, -0.05) is 30.3 Å². The number of methoxy groups -OCH3 is 1. The molecule has 1 aromatic heterocycles. The number of fused-ring (bicyclic) bond motifs is 1. The number of aliphatic hydroxyl groups is 1. The molecule has 4 aromatic rings. The predicted molar refractivity (Wildman–Crippen MR) is 120 cm³/mol. The summed E-state index contributed by atoms with van der Waals surface area (Å²) in [5.41, 5.74) is 2.14. The molecule has 1 atom stereocenters. The molecule has 0 aliphatic rings. The monoisotopic (exact) mass is 437 g/mol. The van der Waals surface area contributed by atoms with Crippen molar-refractivity contribution in [1.82, 2.24) is 9.55 Å². The molecular formula is C23H23N3O4S. The number of hydrogen-bond donors (Lipinski definition) is 1. The first-order valence-corrected chi connectivity index (χ1v) is 11.2. The predicted octanol–water partition coefficient (Wildman–Crippen LogP) is 3.30. The molecule has 0 amide bonds. The molecule has 0 spiro atoms. The molecule has 0 bridgehead atoms. The van der Waals surface area contributed by atoms with Gasteiger partial charge in [-0.3, -0.25) is 4.31 Å². The summed E-state index contributed by atoms with van der Waals surface area (Å²) < 4.78 is 35.0. The Labute approximate surface area is 181 Å². The Hall–Kier alpha value is -3.36. The van der Waals surface area contributed by atoms with Gasteiger partial charge in [-0.25, -0.2) is 13.4 Å². The molecule has 0 fully saturated rings. The third-order valence-electron chi connectivity index (χ3n) is 5.00. The van der Waals surface area contributed by atoms with Crippen molar-refractivity contribution in [3.63, 3.8) is 0 Å². The minimum absolute atomic E-state index is 0.115. The van der Waals surface area contributed by atoms with E-state index in [9.17, 15) is 13.5 Å². The van der Waals surface area contributed by atoms with Crippen LogP contribution in [0.15, 0.2) is 90.1 Å². The van der Waals surface area contributed by atoms with Crippen molar-refractivity contribution in [1.29, 1.82) is 0 Å². The fourth-order valence-electron chi connectivity index (χ4n) is 3.44. The summed E-state index contributed by atoms with van der Waals surface area (Å²) in [5, 5.41) is 10.8. The second kappa shape index (κ2) is 8.79. The number of sulfonamides is 1. The zero-order chi connectivity index (χ0) is 21.8. The summed E-state index contributed by atoms with van der Waals surface area (Å²) in [6, 6.07) is 22.5. The van der Waals surface area contributed by atoms with Gasteiger partial charge in [-0.2, -0.15) is 0 Å². The van der Waals surface area contributed by atoms with E-state index in [-0.39, 0.29) is 18.0 Å². The first-order valence-electron chi connectivity index (χ1n) is 9.79. The highest BCUT2D eigenvalue weighted by molar-refractivity contribution is 7.92. The lowest BCUT2D eigenvalue weighted by Crippen LogP contribution is -2.39. The van der Waals surface area contributed by atoms with Crippen LogP contribution in [0.1, 0.15) is 0 Å². The number of anilines is 1. The van der Waals surface area contributed by atoms with Crippen molar-refractivity contribution in [2.45, 2.75) is 17.5 Å². The van der Waals surface area contributed by atoms with Crippen molar-refractivity contribution in [2.24, 2.45) is 0 Å². The fraction of sp³-hybridized carbons (Fsp3) is 0.174. The number of aliphatic hydroxyl groups excluding tert-OH is 1. The molecule has 0 saturated carbocycles. The lowest BCUT2D eigenvalue weighted by atomic mass is 10.2. The summed E-state index contributed by atoms with van der Waals surface area (Å²) in [6.45, 7) is 0.0908. The Balaban J connectivity index is 1.65. The summed E-state index contributed by atoms with van der Waals surface area (Å²) in [6.07, 6.45) is 0.690. The number of para-hydroxylation sites is 2. The third kappa shape index (κ3) is 4.40. The van der Waals surface area contributed by atoms with Crippen LogP contribution in [0.5, 0.6) is 5.75 Å². The Bertz CT molecular complexity index is 1250. The van der Waals surface area contributed by atoms with E-state index in [1.54, 1.807) is 68.0 Å². The van der Waals surface area contributed by atoms with E-state index >= 15 is 0 Å². The SMILES string of the molecule is COc1ccc(N(C[C@H](O)Cn2cnc3ccccc32)S(=O)(=O)c2ccccc2)cc1. The Kier molecular flexibility index (Phi) is 5.92. The second-order valence-corrected chi connectivity index (χ2v) is 8.95. The zero-order valence-corrected chi connectivity index (χ0v) is 17.8. The van der Waals surface area contributed by atoms with E-state index in [0.717, 1.165) is 11.0 Å². The van der Waals surface area contributed by atoms with Crippen LogP contribution in [0.3, 0.4) is 0 Å². The van der Waals surface area contributed by atoms with Gasteiger partial charge in [-0.05, 0) is 48.5 Å². The lowest BCUT2D eigenvalue weighted by molar-refractivity contribution is 0.164. The second-order valence-electron chi connectivity index (χ2n) is 7.09. The van der Waals surface area contributed by atoms with Crippen LogP contribution in [0, 0.1) is 0 Å². The molecule has 0 aliphatic carbocycles. The minimum Gasteiger partial charge on any atom is -0.497 e. The number of nitrogens with zero attached hydrogens (tertiary/aromatic N) is 3. The maximum Gasteiger partial charge on any atom is 0.264 e. The maximum absolute atomic E-state index is 13.4. The van der Waals surface area contributed by atoms with Gasteiger partial charge in [0.25, 0.3) is 10.0 Å². The molecule has 0 unspecified atom stereocenters. The minimum atomic E-state index is -3.88. The molecule has 1 heterocycles. The molecular weight excluding hydrogens is 414 g/mol. The molecule has 3 aromatic carbocycles. The van der Waals surface area contributed by atoms with Crippen LogP contribution < -0.4 is 9.04 Å². The Morgan fingerprint density at radius 3 is 2.39 bits per heavy atom. The van der Waals surface area contributed by atoms with Crippen molar-refractivity contribution >= 4 is 26.7 Å². The molecule has 0 aliphatic heterocycles. The number of hydrogen-bond acceptors (Lipinski definition) is 5. The number of rotatable bonds is 8. The normalized spacial score (nSPS) is 12.6. The van der Waals surface area contributed by atoms with Crippen LogP contribution in [0.4, 0.5) is 5.69 Å². The molecule has 160 valence electrons. The maximum atomic E-state index is 13.4. The topological polar surface area (TPSA) is 84.7 Å². The summed E-state index contributed by atoms with van der Waals surface area (Å²) in [5.74, 6) is 0.617. The number of aromatic nitrogens is 2. The van der Waals surface area contributed by atoms with Crippen LogP contribution in [-0.2, 0) is 16.6 Å². The Morgan fingerprint density at radius 1 is 1.00 bits per heavy atom. The summed E-state index contributed by atoms with van der Waals surface area (Å²) in [4.78, 5) is 4.49. The average molecular weight is 438 g/mol. The highest BCUT2D eigenvalue weighted by Crippen LogP contribution is 2.26. The van der Waals surface area contributed by atoms with E-state index in [4.69, 9.17) is 4.74 Å². The average Bonchev–Trinajstić information content (AvgIpc) is 3.21. The first kappa shape index (κ1) is 20.9. The van der Waals surface area contributed by atoms with Crippen LogP contribution >= 0.6 is 0 Å². The van der Waals surface area contributed by atoms with Gasteiger partial charge in [0.1, 0.15) is 5.75 Å². The summed E-state index contributed by atoms with van der Waals surface area (Å²) >= 11 is 0. The highest BCUT2D eigenvalue weighted by Gasteiger charge is 2.27. The molecule has 0 saturated heterocycles. The zero-order valence-electron chi connectivity index (χ0n) is 17.0. The van der Waals surface area contributed by atoms with Gasteiger partial charge >= 0.3 is 0 Å². The lowest BCUT2D eigenvalue weighted by Gasteiger charge is -2.27. The van der Waals surface area contributed by atoms with Gasteiger partial charge < -0.3 is 14.4 Å². The van der Waals surface area contributed by atoms with Crippen molar-refractivity contribution in [3.05, 3.63) is 85.2 Å². The van der Waals surface area contributed by atoms with Crippen molar-refractivity contribution < 1.29 is 18.3 Å². The molecule has 1 N–H and O–H groups in total. The van der Waals surface area contributed by atoms with E-state index in [2.05, 4.69) is 4.98 Å². The molecule has 0 radical (unpaired) electrons. The van der Waals surface area contributed by atoms with Crippen molar-refractivity contribution in [3.8, 4) is 5.75 Å². The summed E-state index contributed by atoms with van der Waals surface area (Å²) in [7, 11) is -2.33. The van der Waals surface area contributed by atoms with Crippen molar-refractivity contribution in [2.75, 3.05) is 18.0 Å². The molecule has 4 rings (SSSR count). The quantitative estimate of drug-likeness (QED) is 0.457. The van der Waals surface area contributed by atoms with Gasteiger partial charge in [0.15, 0.2) is 0 Å². The molecule has 8 heteroatoms. The van der Waals surface area contributed by atoms with Gasteiger partial charge in [0.05, 0.1) is 54.2 Å². The van der Waals surface area contributed by atoms with Gasteiger partial charge in [0.2, 0.25) is 0 Å². The standard InChI is InChI=1S/C23H23N3O4S/c1-30-20-13-11-18(12-14-20)26(31(28,29)21-7-3-2-4-8-21)16-19(27)15-25-17-24-22-9-5-6-10-23(22)25/h2-14,17,19,27H,15-16H2,1H3/t19-/m1/s1. The van der Waals surface area contributed by atoms with Crippen LogP contribution in [-0.4, -0.2) is 42.8 Å². The van der Waals surface area contributed by atoms with E-state index in [0.29, 0.717) is 11.4 Å².